The van der Waals surface area contributed by atoms with Gasteiger partial charge in [0.15, 0.2) is 5.96 Å². The van der Waals surface area contributed by atoms with E-state index in [1.54, 1.807) is 12.1 Å². The third-order valence-corrected chi connectivity index (χ3v) is 5.93. The molecule has 1 N–H and O–H groups in total. The Morgan fingerprint density at radius 1 is 1.23 bits per heavy atom. The fraction of sp³-hybridized carbons (Fsp3) is 0.682. The Hall–Kier alpha value is -1.13. The summed E-state index contributed by atoms with van der Waals surface area (Å²) in [6.07, 6.45) is 4.67. The Balaban J connectivity index is 0.00000320. The predicted molar refractivity (Wildman–Crippen MR) is 130 cm³/mol. The average Bonchev–Trinajstić information content (AvgIpc) is 3.29. The maximum absolute atomic E-state index is 13.0. The molecule has 0 atom stereocenters. The van der Waals surface area contributed by atoms with Crippen LogP contribution < -0.4 is 10.1 Å². The molecule has 2 saturated heterocycles. The number of nitrogens with one attached hydrogen (secondary N) is 1. The molecule has 6 nitrogen and oxygen atoms in total. The van der Waals surface area contributed by atoms with Crippen LogP contribution in [0.15, 0.2) is 29.3 Å². The minimum Gasteiger partial charge on any atom is -0.492 e. The van der Waals surface area contributed by atoms with Gasteiger partial charge in [0.1, 0.15) is 18.2 Å². The lowest BCUT2D eigenvalue weighted by molar-refractivity contribution is -0.0139. The average molecular weight is 534 g/mol. The van der Waals surface area contributed by atoms with Gasteiger partial charge >= 0.3 is 0 Å². The molecule has 0 radical (unpaired) electrons. The Kier molecular flexibility index (Phi) is 10.6. The van der Waals surface area contributed by atoms with Crippen LogP contribution in [0.3, 0.4) is 0 Å². The molecule has 0 saturated carbocycles. The van der Waals surface area contributed by atoms with Crippen LogP contribution in [0.5, 0.6) is 5.75 Å². The van der Waals surface area contributed by atoms with Gasteiger partial charge in [-0.3, -0.25) is 9.89 Å². The van der Waals surface area contributed by atoms with Crippen LogP contribution in [0.4, 0.5) is 4.39 Å². The summed E-state index contributed by atoms with van der Waals surface area (Å²) in [5.41, 5.74) is 0.126. The number of guanidine groups is 1. The molecule has 8 heteroatoms. The highest BCUT2D eigenvalue weighted by molar-refractivity contribution is 14.0. The molecule has 3 rings (SSSR count). The first-order valence-corrected chi connectivity index (χ1v) is 10.8. The summed E-state index contributed by atoms with van der Waals surface area (Å²) in [5.74, 6) is 1.33. The summed E-state index contributed by atoms with van der Waals surface area (Å²) in [7, 11) is 2.03. The van der Waals surface area contributed by atoms with Crippen LogP contribution >= 0.6 is 24.0 Å². The number of aliphatic imine (C=N–C) groups is 1. The Morgan fingerprint density at radius 2 is 1.90 bits per heavy atom. The quantitative estimate of drug-likeness (QED) is 0.315. The van der Waals surface area contributed by atoms with Crippen molar-refractivity contribution >= 4 is 29.9 Å². The maximum atomic E-state index is 13.0. The van der Waals surface area contributed by atoms with E-state index >= 15 is 0 Å². The fourth-order valence-electron chi connectivity index (χ4n) is 4.15. The van der Waals surface area contributed by atoms with Crippen LogP contribution in [-0.4, -0.2) is 80.9 Å². The molecular formula is C22H36FIN4O2. The SMILES string of the molecule is CCNC(=NCC1(N2CCCC2)CCOCC1)N(C)CCOc1ccc(F)cc1.I. The van der Waals surface area contributed by atoms with Gasteiger partial charge < -0.3 is 19.7 Å². The van der Waals surface area contributed by atoms with Gasteiger partial charge in [-0.05, 0) is 70.0 Å². The number of likely N-dealkylation sites (tertiary alicyclic amines) is 1. The molecule has 0 spiro atoms. The number of benzene rings is 1. The van der Waals surface area contributed by atoms with E-state index in [2.05, 4.69) is 22.0 Å². The summed E-state index contributed by atoms with van der Waals surface area (Å²) in [4.78, 5) is 9.76. The van der Waals surface area contributed by atoms with Crippen molar-refractivity contribution in [2.45, 2.75) is 38.1 Å². The van der Waals surface area contributed by atoms with E-state index in [1.165, 1.54) is 38.1 Å². The Labute approximate surface area is 197 Å². The van der Waals surface area contributed by atoms with Gasteiger partial charge in [-0.1, -0.05) is 0 Å². The zero-order chi connectivity index (χ0) is 20.5. The molecule has 2 heterocycles. The zero-order valence-electron chi connectivity index (χ0n) is 18.2. The maximum Gasteiger partial charge on any atom is 0.193 e. The molecule has 0 aliphatic carbocycles. The van der Waals surface area contributed by atoms with Crippen molar-refractivity contribution in [3.8, 4) is 5.75 Å². The second-order valence-corrected chi connectivity index (χ2v) is 7.92. The molecule has 1 aromatic rings. The number of hydrogen-bond acceptors (Lipinski definition) is 4. The minimum atomic E-state index is -0.254. The molecular weight excluding hydrogens is 498 g/mol. The third kappa shape index (κ3) is 6.95. The monoisotopic (exact) mass is 534 g/mol. The van der Waals surface area contributed by atoms with Crippen molar-refractivity contribution < 1.29 is 13.9 Å². The third-order valence-electron chi connectivity index (χ3n) is 5.93. The Bertz CT molecular complexity index is 647. The smallest absolute Gasteiger partial charge is 0.193 e. The zero-order valence-corrected chi connectivity index (χ0v) is 20.6. The van der Waals surface area contributed by atoms with Gasteiger partial charge in [0.2, 0.25) is 0 Å². The van der Waals surface area contributed by atoms with Crippen LogP contribution in [-0.2, 0) is 4.74 Å². The van der Waals surface area contributed by atoms with Crippen molar-refractivity contribution in [3.05, 3.63) is 30.1 Å². The lowest BCUT2D eigenvalue weighted by atomic mass is 9.88. The summed E-state index contributed by atoms with van der Waals surface area (Å²) in [6.45, 7) is 8.90. The number of likely N-dealkylation sites (N-methyl/N-ethyl adjacent to an activating group) is 1. The van der Waals surface area contributed by atoms with Gasteiger partial charge in [0.05, 0.1) is 13.1 Å². The molecule has 0 aromatic heterocycles. The molecule has 0 amide bonds. The van der Waals surface area contributed by atoms with E-state index in [0.29, 0.717) is 18.9 Å². The van der Waals surface area contributed by atoms with Crippen molar-refractivity contribution in [3.63, 3.8) is 0 Å². The van der Waals surface area contributed by atoms with Gasteiger partial charge in [-0.2, -0.15) is 0 Å². The number of rotatable bonds is 8. The van der Waals surface area contributed by atoms with E-state index < -0.39 is 0 Å². The fourth-order valence-corrected chi connectivity index (χ4v) is 4.15. The van der Waals surface area contributed by atoms with Crippen molar-refractivity contribution in [1.82, 2.24) is 15.1 Å². The lowest BCUT2D eigenvalue weighted by Crippen LogP contribution is -2.54. The summed E-state index contributed by atoms with van der Waals surface area (Å²) in [6, 6.07) is 6.13. The van der Waals surface area contributed by atoms with Crippen LogP contribution in [0.25, 0.3) is 0 Å². The van der Waals surface area contributed by atoms with E-state index in [-0.39, 0.29) is 35.3 Å². The lowest BCUT2D eigenvalue weighted by Gasteiger charge is -2.43. The van der Waals surface area contributed by atoms with Crippen molar-refractivity contribution in [2.75, 3.05) is 59.6 Å². The number of hydrogen-bond donors (Lipinski definition) is 1. The summed E-state index contributed by atoms with van der Waals surface area (Å²) >= 11 is 0. The Morgan fingerprint density at radius 3 is 2.53 bits per heavy atom. The molecule has 30 heavy (non-hydrogen) atoms. The first-order chi connectivity index (χ1) is 14.1. The van der Waals surface area contributed by atoms with Gasteiger partial charge in [-0.15, -0.1) is 24.0 Å². The number of halogens is 2. The second kappa shape index (κ2) is 12.7. The second-order valence-electron chi connectivity index (χ2n) is 7.92. The van der Waals surface area contributed by atoms with Gasteiger partial charge in [-0.25, -0.2) is 4.39 Å². The van der Waals surface area contributed by atoms with Gasteiger partial charge in [0.25, 0.3) is 0 Å². The largest absolute Gasteiger partial charge is 0.492 e. The van der Waals surface area contributed by atoms with E-state index in [9.17, 15) is 4.39 Å². The molecule has 0 bridgehead atoms. The number of ether oxygens (including phenoxy) is 2. The molecule has 0 unspecified atom stereocenters. The highest BCUT2D eigenvalue weighted by Crippen LogP contribution is 2.31. The molecule has 1 aromatic carbocycles. The van der Waals surface area contributed by atoms with E-state index in [1.807, 2.05) is 7.05 Å². The standard InChI is InChI=1S/C22H35FN4O2.HI/c1-3-24-21(26(2)14-17-29-20-8-6-19(23)7-9-20)25-18-22(10-15-28-16-11-22)27-12-4-5-13-27;/h6-9H,3-5,10-18H2,1-2H3,(H,24,25);1H. The molecule has 170 valence electrons. The van der Waals surface area contributed by atoms with E-state index in [0.717, 1.165) is 45.1 Å². The highest BCUT2D eigenvalue weighted by atomic mass is 127. The first-order valence-electron chi connectivity index (χ1n) is 10.8. The van der Waals surface area contributed by atoms with E-state index in [4.69, 9.17) is 14.5 Å². The predicted octanol–water partition coefficient (Wildman–Crippen LogP) is 3.36. The number of nitrogens with zero attached hydrogens (tertiary/aromatic N) is 3. The first kappa shape index (κ1) is 25.1. The van der Waals surface area contributed by atoms with Gasteiger partial charge in [0, 0.05) is 32.3 Å². The van der Waals surface area contributed by atoms with Crippen molar-refractivity contribution in [2.24, 2.45) is 4.99 Å². The molecule has 2 aliphatic rings. The van der Waals surface area contributed by atoms with Crippen molar-refractivity contribution in [1.29, 1.82) is 0 Å². The highest BCUT2D eigenvalue weighted by Gasteiger charge is 2.39. The summed E-state index contributed by atoms with van der Waals surface area (Å²) < 4.78 is 24.4. The van der Waals surface area contributed by atoms with Crippen LogP contribution in [0.1, 0.15) is 32.6 Å². The minimum absolute atomic E-state index is 0. The normalized spacial score (nSPS) is 19.2. The molecule has 2 fully saturated rings. The molecule has 2 aliphatic heterocycles. The van der Waals surface area contributed by atoms with Crippen LogP contribution in [0, 0.1) is 5.82 Å². The summed E-state index contributed by atoms with van der Waals surface area (Å²) in [5, 5.41) is 3.41. The topological polar surface area (TPSA) is 49.3 Å². The van der Waals surface area contributed by atoms with Crippen LogP contribution in [0.2, 0.25) is 0 Å².